The van der Waals surface area contributed by atoms with Crippen molar-refractivity contribution in [2.24, 2.45) is 10.9 Å². The fourth-order valence-electron chi connectivity index (χ4n) is 1.66. The number of hydrogen-bond acceptors (Lipinski definition) is 3. The van der Waals surface area contributed by atoms with Gasteiger partial charge in [0.1, 0.15) is 11.5 Å². The minimum atomic E-state index is -0.00918. The predicted octanol–water partition coefficient (Wildman–Crippen LogP) is 4.30. The number of nitrogens with zero attached hydrogens (tertiary/aromatic N) is 1. The van der Waals surface area contributed by atoms with Crippen molar-refractivity contribution in [3.8, 4) is 11.5 Å². The van der Waals surface area contributed by atoms with E-state index in [1.807, 2.05) is 19.1 Å². The van der Waals surface area contributed by atoms with E-state index in [1.165, 1.54) is 0 Å². The van der Waals surface area contributed by atoms with Crippen molar-refractivity contribution in [1.29, 1.82) is 0 Å². The summed E-state index contributed by atoms with van der Waals surface area (Å²) < 4.78 is 6.54. The molecule has 0 heterocycles. The first-order valence-electron chi connectivity index (χ1n) is 5.72. The molecule has 0 amide bonds. The second-order valence-corrected chi connectivity index (χ2v) is 5.45. The number of oxime groups is 1. The van der Waals surface area contributed by atoms with Gasteiger partial charge in [-0.05, 0) is 58.7 Å². The van der Waals surface area contributed by atoms with Crippen molar-refractivity contribution in [1.82, 2.24) is 0 Å². The monoisotopic (exact) mass is 354 g/mol. The van der Waals surface area contributed by atoms with Crippen molar-refractivity contribution in [3.63, 3.8) is 0 Å². The quantitative estimate of drug-likeness (QED) is 0.373. The fraction of sp³-hybridized carbons (Fsp3) is 0.0714. The molecule has 0 saturated carbocycles. The maximum Gasteiger partial charge on any atom is 0.173 e. The summed E-state index contributed by atoms with van der Waals surface area (Å²) in [4.78, 5) is 0. The second-order valence-electron chi connectivity index (χ2n) is 4.16. The standard InChI is InChI=1S/C14H12BrClN2O2/c1-8-2-4-10(14(17)18-19)13(6-8)20-12-5-3-9(16)7-11(12)15/h2-7,19H,1H3,(H2,17,18). The maximum atomic E-state index is 8.82. The van der Waals surface area contributed by atoms with Gasteiger partial charge in [0, 0.05) is 5.02 Å². The van der Waals surface area contributed by atoms with Crippen LogP contribution in [-0.4, -0.2) is 11.0 Å². The number of ether oxygens (including phenoxy) is 1. The summed E-state index contributed by atoms with van der Waals surface area (Å²) in [5.74, 6) is 1.08. The summed E-state index contributed by atoms with van der Waals surface area (Å²) in [5.41, 5.74) is 7.16. The molecule has 2 rings (SSSR count). The van der Waals surface area contributed by atoms with Gasteiger partial charge in [-0.1, -0.05) is 22.8 Å². The van der Waals surface area contributed by atoms with Gasteiger partial charge < -0.3 is 15.7 Å². The molecule has 4 nitrogen and oxygen atoms in total. The van der Waals surface area contributed by atoms with E-state index in [0.29, 0.717) is 22.1 Å². The molecule has 0 saturated heterocycles. The van der Waals surface area contributed by atoms with Gasteiger partial charge in [-0.25, -0.2) is 0 Å². The summed E-state index contributed by atoms with van der Waals surface area (Å²) in [6.45, 7) is 1.93. The molecule has 0 fully saturated rings. The molecular weight excluding hydrogens is 344 g/mol. The number of amidine groups is 1. The molecule has 0 radical (unpaired) electrons. The summed E-state index contributed by atoms with van der Waals surface area (Å²) in [7, 11) is 0. The van der Waals surface area contributed by atoms with E-state index in [4.69, 9.17) is 27.3 Å². The lowest BCUT2D eigenvalue weighted by Gasteiger charge is -2.12. The Morgan fingerprint density at radius 3 is 2.65 bits per heavy atom. The molecule has 0 aliphatic carbocycles. The van der Waals surface area contributed by atoms with Gasteiger partial charge in [0.15, 0.2) is 5.84 Å². The average molecular weight is 356 g/mol. The van der Waals surface area contributed by atoms with E-state index in [9.17, 15) is 0 Å². The molecule has 0 aliphatic rings. The lowest BCUT2D eigenvalue weighted by Crippen LogP contribution is -2.14. The Morgan fingerprint density at radius 2 is 2.00 bits per heavy atom. The fourth-order valence-corrected chi connectivity index (χ4v) is 2.42. The molecule has 2 aromatic carbocycles. The number of rotatable bonds is 3. The first-order chi connectivity index (χ1) is 9.51. The van der Waals surface area contributed by atoms with Crippen LogP contribution in [0.4, 0.5) is 0 Å². The van der Waals surface area contributed by atoms with Crippen molar-refractivity contribution in [3.05, 3.63) is 57.0 Å². The normalized spacial score (nSPS) is 11.4. The molecule has 0 aromatic heterocycles. The van der Waals surface area contributed by atoms with Crippen molar-refractivity contribution >= 4 is 33.4 Å². The average Bonchev–Trinajstić information content (AvgIpc) is 2.41. The van der Waals surface area contributed by atoms with Gasteiger partial charge in [0.05, 0.1) is 10.0 Å². The molecule has 6 heteroatoms. The first kappa shape index (κ1) is 14.7. The van der Waals surface area contributed by atoms with Crippen molar-refractivity contribution in [2.45, 2.75) is 6.92 Å². The Kier molecular flexibility index (Phi) is 4.52. The van der Waals surface area contributed by atoms with Crippen molar-refractivity contribution < 1.29 is 9.94 Å². The number of halogens is 2. The van der Waals surface area contributed by atoms with Crippen LogP contribution in [0.2, 0.25) is 5.02 Å². The third-order valence-corrected chi connectivity index (χ3v) is 3.49. The zero-order chi connectivity index (χ0) is 14.7. The molecule has 0 bridgehead atoms. The molecule has 20 heavy (non-hydrogen) atoms. The summed E-state index contributed by atoms with van der Waals surface area (Å²) in [6, 6.07) is 10.6. The lowest BCUT2D eigenvalue weighted by molar-refractivity contribution is 0.318. The van der Waals surface area contributed by atoms with Crippen molar-refractivity contribution in [2.75, 3.05) is 0 Å². The second kappa shape index (κ2) is 6.15. The minimum Gasteiger partial charge on any atom is -0.455 e. The van der Waals surface area contributed by atoms with E-state index in [1.54, 1.807) is 24.3 Å². The zero-order valence-corrected chi connectivity index (χ0v) is 12.9. The van der Waals surface area contributed by atoms with Gasteiger partial charge >= 0.3 is 0 Å². The van der Waals surface area contributed by atoms with Crippen LogP contribution < -0.4 is 10.5 Å². The minimum absolute atomic E-state index is 0.00918. The first-order valence-corrected chi connectivity index (χ1v) is 6.90. The van der Waals surface area contributed by atoms with E-state index in [-0.39, 0.29) is 5.84 Å². The largest absolute Gasteiger partial charge is 0.455 e. The van der Waals surface area contributed by atoms with Crippen LogP contribution in [0.5, 0.6) is 11.5 Å². The number of hydrogen-bond donors (Lipinski definition) is 2. The van der Waals surface area contributed by atoms with Crippen LogP contribution in [-0.2, 0) is 0 Å². The van der Waals surface area contributed by atoms with Crippen LogP contribution in [0.25, 0.3) is 0 Å². The highest BCUT2D eigenvalue weighted by molar-refractivity contribution is 9.10. The van der Waals surface area contributed by atoms with Crippen LogP contribution in [0, 0.1) is 6.92 Å². The third-order valence-electron chi connectivity index (χ3n) is 2.63. The van der Waals surface area contributed by atoms with Crippen LogP contribution in [0.1, 0.15) is 11.1 Å². The van der Waals surface area contributed by atoms with Gasteiger partial charge in [-0.3, -0.25) is 0 Å². The van der Waals surface area contributed by atoms with E-state index in [2.05, 4.69) is 21.1 Å². The lowest BCUT2D eigenvalue weighted by atomic mass is 10.1. The highest BCUT2D eigenvalue weighted by Gasteiger charge is 2.11. The Labute approximate surface area is 129 Å². The summed E-state index contributed by atoms with van der Waals surface area (Å²) in [6.07, 6.45) is 0. The molecule has 104 valence electrons. The number of benzene rings is 2. The van der Waals surface area contributed by atoms with E-state index < -0.39 is 0 Å². The molecule has 0 aliphatic heterocycles. The van der Waals surface area contributed by atoms with E-state index >= 15 is 0 Å². The molecule has 2 aromatic rings. The number of nitrogens with two attached hydrogens (primary N) is 1. The Balaban J connectivity index is 2.44. The zero-order valence-electron chi connectivity index (χ0n) is 10.6. The van der Waals surface area contributed by atoms with Gasteiger partial charge in [0.2, 0.25) is 0 Å². The topological polar surface area (TPSA) is 67.8 Å². The predicted molar refractivity (Wildman–Crippen MR) is 82.9 cm³/mol. The third kappa shape index (κ3) is 3.23. The van der Waals surface area contributed by atoms with Gasteiger partial charge in [-0.2, -0.15) is 0 Å². The molecule has 3 N–H and O–H groups in total. The van der Waals surface area contributed by atoms with Crippen LogP contribution >= 0.6 is 27.5 Å². The highest BCUT2D eigenvalue weighted by Crippen LogP contribution is 2.33. The van der Waals surface area contributed by atoms with Gasteiger partial charge in [0.25, 0.3) is 0 Å². The maximum absolute atomic E-state index is 8.82. The SMILES string of the molecule is Cc1ccc(C(N)=NO)c(Oc2ccc(Cl)cc2Br)c1. The Hall–Kier alpha value is -1.72. The number of aryl methyl sites for hydroxylation is 1. The Bertz CT molecular complexity index is 674. The molecule has 0 atom stereocenters. The summed E-state index contributed by atoms with van der Waals surface area (Å²) >= 11 is 9.27. The highest BCUT2D eigenvalue weighted by atomic mass is 79.9. The van der Waals surface area contributed by atoms with Gasteiger partial charge in [-0.15, -0.1) is 0 Å². The van der Waals surface area contributed by atoms with E-state index in [0.717, 1.165) is 10.0 Å². The van der Waals surface area contributed by atoms with Crippen LogP contribution in [0.15, 0.2) is 46.0 Å². The summed E-state index contributed by atoms with van der Waals surface area (Å²) in [5, 5.41) is 12.4. The smallest absolute Gasteiger partial charge is 0.173 e. The molecular formula is C14H12BrClN2O2. The Morgan fingerprint density at radius 1 is 1.25 bits per heavy atom. The van der Waals surface area contributed by atoms with Crippen LogP contribution in [0.3, 0.4) is 0 Å². The molecule has 0 spiro atoms. The molecule has 0 unspecified atom stereocenters.